The number of carbonyl (C=O) groups is 1. The number of hydrogen-bond donors (Lipinski definition) is 2. The highest BCUT2D eigenvalue weighted by Crippen LogP contribution is 2.27. The number of hydrogen-bond acceptors (Lipinski definition) is 6. The van der Waals surface area contributed by atoms with Gasteiger partial charge in [-0.25, -0.2) is 4.79 Å². The number of nitrogens with zero attached hydrogens (tertiary/aromatic N) is 1. The zero-order chi connectivity index (χ0) is 15.5. The van der Waals surface area contributed by atoms with E-state index in [4.69, 9.17) is 14.0 Å². The minimum atomic E-state index is -0.537. The van der Waals surface area contributed by atoms with Gasteiger partial charge in [0.1, 0.15) is 18.0 Å². The van der Waals surface area contributed by atoms with E-state index in [-0.39, 0.29) is 24.8 Å². The van der Waals surface area contributed by atoms with Crippen molar-refractivity contribution in [2.24, 2.45) is 0 Å². The predicted octanol–water partition coefficient (Wildman–Crippen LogP) is 2.44. The smallest absolute Gasteiger partial charge is 0.407 e. The number of phenolic OH excluding ortho intramolecular Hbond substituents is 1. The Labute approximate surface area is 121 Å². The number of carbonyl (C=O) groups excluding carboxylic acids is 1. The molecule has 0 bridgehead atoms. The highest BCUT2D eigenvalue weighted by Gasteiger charge is 2.15. The van der Waals surface area contributed by atoms with Crippen molar-refractivity contribution in [3.8, 4) is 11.6 Å². The molecule has 0 atom stereocenters. The van der Waals surface area contributed by atoms with Gasteiger partial charge in [-0.1, -0.05) is 0 Å². The molecule has 1 heterocycles. The number of aromatic hydroxyl groups is 1. The van der Waals surface area contributed by atoms with Gasteiger partial charge in [-0.2, -0.15) is 0 Å². The van der Waals surface area contributed by atoms with Crippen molar-refractivity contribution in [2.75, 3.05) is 13.2 Å². The normalized spacial score (nSPS) is 11.4. The molecule has 0 aliphatic carbocycles. The first-order valence-electron chi connectivity index (χ1n) is 6.53. The van der Waals surface area contributed by atoms with Gasteiger partial charge in [0.15, 0.2) is 5.58 Å². The van der Waals surface area contributed by atoms with Gasteiger partial charge in [0.2, 0.25) is 0 Å². The predicted molar refractivity (Wildman–Crippen MR) is 75.4 cm³/mol. The van der Waals surface area contributed by atoms with E-state index in [1.54, 1.807) is 26.8 Å². The molecule has 1 aromatic carbocycles. The van der Waals surface area contributed by atoms with Crippen LogP contribution in [0.2, 0.25) is 0 Å². The second-order valence-corrected chi connectivity index (χ2v) is 5.45. The number of phenols is 1. The lowest BCUT2D eigenvalue weighted by atomic mass is 10.2. The summed E-state index contributed by atoms with van der Waals surface area (Å²) in [6, 6.07) is 4.60. The molecule has 0 saturated carbocycles. The van der Waals surface area contributed by atoms with Crippen molar-refractivity contribution in [3.05, 3.63) is 18.2 Å². The molecule has 0 radical (unpaired) electrons. The van der Waals surface area contributed by atoms with E-state index in [0.29, 0.717) is 11.0 Å². The van der Waals surface area contributed by atoms with E-state index in [0.717, 1.165) is 0 Å². The Bertz CT molecular complexity index is 630. The molecule has 0 fully saturated rings. The topological polar surface area (TPSA) is 93.8 Å². The van der Waals surface area contributed by atoms with Gasteiger partial charge in [0, 0.05) is 0 Å². The molecule has 1 amide bonds. The van der Waals surface area contributed by atoms with Crippen molar-refractivity contribution in [1.82, 2.24) is 10.5 Å². The minimum absolute atomic E-state index is 0.0995. The number of rotatable bonds is 4. The van der Waals surface area contributed by atoms with E-state index < -0.39 is 11.7 Å². The van der Waals surface area contributed by atoms with Gasteiger partial charge in [-0.15, -0.1) is 0 Å². The number of alkyl carbamates (subject to hydrolysis) is 1. The van der Waals surface area contributed by atoms with Crippen LogP contribution in [0.25, 0.3) is 11.0 Å². The SMILES string of the molecule is CC(C)(C)OC(=O)NCCOc1noc2ccc(O)cc12. The average Bonchev–Trinajstić information content (AvgIpc) is 2.75. The molecule has 0 unspecified atom stereocenters. The standard InChI is InChI=1S/C14H18N2O5/c1-14(2,3)20-13(18)15-6-7-19-12-10-8-9(17)4-5-11(10)21-16-12/h4-5,8,17H,6-7H2,1-3H3,(H,15,18). The third kappa shape index (κ3) is 4.27. The van der Waals surface area contributed by atoms with Crippen molar-refractivity contribution in [3.63, 3.8) is 0 Å². The van der Waals surface area contributed by atoms with E-state index in [9.17, 15) is 9.90 Å². The van der Waals surface area contributed by atoms with Crippen LogP contribution in [0.1, 0.15) is 20.8 Å². The molecule has 21 heavy (non-hydrogen) atoms. The van der Waals surface area contributed by atoms with Gasteiger partial charge < -0.3 is 24.4 Å². The summed E-state index contributed by atoms with van der Waals surface area (Å²) in [5.41, 5.74) is -0.0203. The summed E-state index contributed by atoms with van der Waals surface area (Å²) in [7, 11) is 0. The molecule has 0 aliphatic rings. The molecule has 0 aliphatic heterocycles. The number of fused-ring (bicyclic) bond motifs is 1. The van der Waals surface area contributed by atoms with E-state index in [2.05, 4.69) is 10.5 Å². The first kappa shape index (κ1) is 15.0. The van der Waals surface area contributed by atoms with E-state index in [1.165, 1.54) is 12.1 Å². The molecule has 7 nitrogen and oxygen atoms in total. The summed E-state index contributed by atoms with van der Waals surface area (Å²) in [5, 5.41) is 16.3. The maximum atomic E-state index is 11.4. The molecule has 2 aromatic rings. The lowest BCUT2D eigenvalue weighted by Gasteiger charge is -2.19. The van der Waals surface area contributed by atoms with Gasteiger partial charge in [-0.3, -0.25) is 0 Å². The molecule has 114 valence electrons. The van der Waals surface area contributed by atoms with Crippen molar-refractivity contribution in [2.45, 2.75) is 26.4 Å². The summed E-state index contributed by atoms with van der Waals surface area (Å²) in [6.45, 7) is 5.84. The molecule has 2 rings (SSSR count). The number of ether oxygens (including phenoxy) is 2. The first-order valence-corrected chi connectivity index (χ1v) is 6.53. The molecule has 1 aromatic heterocycles. The Morgan fingerprint density at radius 2 is 2.19 bits per heavy atom. The van der Waals surface area contributed by atoms with E-state index in [1.807, 2.05) is 0 Å². The summed E-state index contributed by atoms with van der Waals surface area (Å²) in [6.07, 6.45) is -0.506. The van der Waals surface area contributed by atoms with Gasteiger partial charge >= 0.3 is 6.09 Å². The number of aromatic nitrogens is 1. The number of amides is 1. The van der Waals surface area contributed by atoms with Crippen molar-refractivity contribution < 1.29 is 23.9 Å². The highest BCUT2D eigenvalue weighted by molar-refractivity contribution is 5.83. The molecule has 0 spiro atoms. The summed E-state index contributed by atoms with van der Waals surface area (Å²) in [4.78, 5) is 11.4. The average molecular weight is 294 g/mol. The summed E-state index contributed by atoms with van der Waals surface area (Å²) >= 11 is 0. The van der Waals surface area contributed by atoms with Crippen LogP contribution in [0, 0.1) is 0 Å². The zero-order valence-corrected chi connectivity index (χ0v) is 12.2. The third-order valence-electron chi connectivity index (χ3n) is 2.43. The van der Waals surface area contributed by atoms with Crippen molar-refractivity contribution >= 4 is 17.1 Å². The largest absolute Gasteiger partial charge is 0.508 e. The third-order valence-corrected chi connectivity index (χ3v) is 2.43. The molecular formula is C14H18N2O5. The van der Waals surface area contributed by atoms with Gasteiger partial charge in [0.05, 0.1) is 11.9 Å². The maximum Gasteiger partial charge on any atom is 0.407 e. The second-order valence-electron chi connectivity index (χ2n) is 5.45. The number of nitrogens with one attached hydrogen (secondary N) is 1. The maximum absolute atomic E-state index is 11.4. The van der Waals surface area contributed by atoms with Gasteiger partial charge in [-0.05, 0) is 44.1 Å². The fourth-order valence-electron chi connectivity index (χ4n) is 1.62. The lowest BCUT2D eigenvalue weighted by molar-refractivity contribution is 0.0520. The monoisotopic (exact) mass is 294 g/mol. The molecule has 0 saturated heterocycles. The highest BCUT2D eigenvalue weighted by atomic mass is 16.6. The van der Waals surface area contributed by atoms with Crippen LogP contribution in [0.3, 0.4) is 0 Å². The fourth-order valence-corrected chi connectivity index (χ4v) is 1.62. The minimum Gasteiger partial charge on any atom is -0.508 e. The first-order chi connectivity index (χ1) is 9.85. The molecule has 7 heteroatoms. The Balaban J connectivity index is 1.83. The Kier molecular flexibility index (Phi) is 4.21. The van der Waals surface area contributed by atoms with Crippen LogP contribution in [-0.4, -0.2) is 35.1 Å². The Morgan fingerprint density at radius 3 is 2.90 bits per heavy atom. The summed E-state index contributed by atoms with van der Waals surface area (Å²) < 4.78 is 15.5. The summed E-state index contributed by atoms with van der Waals surface area (Å²) in [5.74, 6) is 0.370. The second kappa shape index (κ2) is 5.90. The van der Waals surface area contributed by atoms with Crippen LogP contribution in [0.15, 0.2) is 22.7 Å². The van der Waals surface area contributed by atoms with E-state index >= 15 is 0 Å². The molecule has 2 N–H and O–H groups in total. The van der Waals surface area contributed by atoms with Crippen LogP contribution in [-0.2, 0) is 4.74 Å². The van der Waals surface area contributed by atoms with Crippen LogP contribution >= 0.6 is 0 Å². The Hall–Kier alpha value is -2.44. The number of benzene rings is 1. The fraction of sp³-hybridized carbons (Fsp3) is 0.429. The quantitative estimate of drug-likeness (QED) is 0.841. The Morgan fingerprint density at radius 1 is 1.43 bits per heavy atom. The van der Waals surface area contributed by atoms with Crippen LogP contribution < -0.4 is 10.1 Å². The lowest BCUT2D eigenvalue weighted by Crippen LogP contribution is -2.34. The van der Waals surface area contributed by atoms with Crippen LogP contribution in [0.4, 0.5) is 4.79 Å². The zero-order valence-electron chi connectivity index (χ0n) is 12.2. The molecular weight excluding hydrogens is 276 g/mol. The van der Waals surface area contributed by atoms with Gasteiger partial charge in [0.25, 0.3) is 5.88 Å². The van der Waals surface area contributed by atoms with Crippen molar-refractivity contribution in [1.29, 1.82) is 0 Å². The van der Waals surface area contributed by atoms with Crippen LogP contribution in [0.5, 0.6) is 11.6 Å².